The molecule has 0 fully saturated rings. The summed E-state index contributed by atoms with van der Waals surface area (Å²) in [5, 5.41) is 49.1. The van der Waals surface area contributed by atoms with Crippen LogP contribution in [0.15, 0.2) is 67.0 Å². The summed E-state index contributed by atoms with van der Waals surface area (Å²) in [5.74, 6) is -1.64. The van der Waals surface area contributed by atoms with E-state index in [4.69, 9.17) is 4.84 Å². The molecule has 1 atom stereocenters. The topological polar surface area (TPSA) is 169 Å². The predicted molar refractivity (Wildman–Crippen MR) is 132 cm³/mol. The van der Waals surface area contributed by atoms with Crippen molar-refractivity contribution in [2.24, 2.45) is 0 Å². The summed E-state index contributed by atoms with van der Waals surface area (Å²) >= 11 is 0. The third-order valence-electron chi connectivity index (χ3n) is 5.99. The van der Waals surface area contributed by atoms with E-state index in [0.29, 0.717) is 16.5 Å². The second-order valence-corrected chi connectivity index (χ2v) is 8.25. The van der Waals surface area contributed by atoms with Crippen LogP contribution in [0.3, 0.4) is 0 Å². The number of benzene rings is 3. The maximum Gasteiger partial charge on any atom is 0.336 e. The maximum absolute atomic E-state index is 12.4. The molecule has 1 amide bonds. The van der Waals surface area contributed by atoms with Gasteiger partial charge >= 0.3 is 5.97 Å². The lowest BCUT2D eigenvalue weighted by molar-refractivity contribution is -0.0757. The standard InChI is InChI=1S/C25H21N7O6/c1-30(38-2)24(35)14-9-10-22(33)21(11-14)32-13-19(27-29-32)23(34)18-12-31(28-26-18)20-8-4-5-15-16(20)6-3-7-17(15)25(36)37/h3-13,23,33-34H,1-2H3,(H,36,37). The molecule has 0 aliphatic heterocycles. The number of phenolic OH excluding ortho intramolecular Hbond substituents is 1. The summed E-state index contributed by atoms with van der Waals surface area (Å²) in [7, 11) is 2.81. The second-order valence-electron chi connectivity index (χ2n) is 8.25. The van der Waals surface area contributed by atoms with Gasteiger partial charge in [-0.05, 0) is 35.7 Å². The molecule has 5 aromatic rings. The molecule has 1 unspecified atom stereocenters. The molecule has 0 aliphatic carbocycles. The number of rotatable bonds is 7. The van der Waals surface area contributed by atoms with Crippen LogP contribution in [0.5, 0.6) is 5.75 Å². The van der Waals surface area contributed by atoms with E-state index >= 15 is 0 Å². The highest BCUT2D eigenvalue weighted by molar-refractivity contribution is 6.05. The Balaban J connectivity index is 1.45. The first-order valence-electron chi connectivity index (χ1n) is 11.2. The summed E-state index contributed by atoms with van der Waals surface area (Å²) in [6.45, 7) is 0. The quantitative estimate of drug-likeness (QED) is 0.273. The molecule has 3 aromatic carbocycles. The lowest BCUT2D eigenvalue weighted by atomic mass is 10.0. The Hall–Kier alpha value is -5.14. The summed E-state index contributed by atoms with van der Waals surface area (Å²) in [6, 6.07) is 14.3. The highest BCUT2D eigenvalue weighted by Gasteiger charge is 2.21. The van der Waals surface area contributed by atoms with Gasteiger partial charge in [0.25, 0.3) is 5.91 Å². The zero-order valence-corrected chi connectivity index (χ0v) is 20.1. The molecule has 3 N–H and O–H groups in total. The van der Waals surface area contributed by atoms with Gasteiger partial charge in [-0.2, -0.15) is 0 Å². The fourth-order valence-corrected chi connectivity index (χ4v) is 3.98. The Morgan fingerprint density at radius 3 is 2.21 bits per heavy atom. The van der Waals surface area contributed by atoms with Gasteiger partial charge in [-0.15, -0.1) is 10.2 Å². The molecule has 38 heavy (non-hydrogen) atoms. The number of nitrogens with zero attached hydrogens (tertiary/aromatic N) is 7. The van der Waals surface area contributed by atoms with E-state index in [1.54, 1.807) is 30.3 Å². The number of aromatic nitrogens is 6. The van der Waals surface area contributed by atoms with Gasteiger partial charge in [0.15, 0.2) is 0 Å². The molecule has 0 saturated heterocycles. The average Bonchev–Trinajstić information content (AvgIpc) is 3.62. The number of hydrogen-bond donors (Lipinski definition) is 3. The number of carboxylic acid groups (broad SMARTS) is 1. The number of aromatic hydroxyl groups is 1. The first-order valence-corrected chi connectivity index (χ1v) is 11.2. The van der Waals surface area contributed by atoms with Crippen LogP contribution in [0.4, 0.5) is 0 Å². The van der Waals surface area contributed by atoms with Gasteiger partial charge in [0, 0.05) is 18.0 Å². The first-order chi connectivity index (χ1) is 18.3. The number of aliphatic hydroxyl groups excluding tert-OH is 1. The molecule has 0 aliphatic rings. The largest absolute Gasteiger partial charge is 0.506 e. The lowest BCUT2D eigenvalue weighted by Gasteiger charge is -2.14. The second kappa shape index (κ2) is 9.72. The minimum Gasteiger partial charge on any atom is -0.506 e. The van der Waals surface area contributed by atoms with Crippen LogP contribution in [-0.4, -0.2) is 76.4 Å². The number of hydrogen-bond acceptors (Lipinski definition) is 9. The molecule has 0 saturated carbocycles. The van der Waals surface area contributed by atoms with Crippen molar-refractivity contribution < 1.29 is 29.7 Å². The van der Waals surface area contributed by atoms with Gasteiger partial charge in [-0.1, -0.05) is 34.7 Å². The van der Waals surface area contributed by atoms with Crippen LogP contribution < -0.4 is 0 Å². The SMILES string of the molecule is CON(C)C(=O)c1ccc(O)c(-n2cc(C(O)c3cn(-c4cccc5c(C(=O)O)cccc45)nn3)nn2)c1. The Morgan fingerprint density at radius 1 is 0.921 bits per heavy atom. The van der Waals surface area contributed by atoms with Crippen molar-refractivity contribution in [2.45, 2.75) is 6.10 Å². The van der Waals surface area contributed by atoms with Crippen molar-refractivity contribution in [2.75, 3.05) is 14.2 Å². The van der Waals surface area contributed by atoms with Crippen LogP contribution in [0, 0.1) is 0 Å². The molecule has 0 spiro atoms. The first kappa shape index (κ1) is 24.5. The van der Waals surface area contributed by atoms with Gasteiger partial charge in [-0.25, -0.2) is 19.2 Å². The molecule has 13 nitrogen and oxygen atoms in total. The number of carboxylic acids is 1. The number of amides is 1. The zero-order valence-electron chi connectivity index (χ0n) is 20.1. The minimum absolute atomic E-state index is 0.119. The van der Waals surface area contributed by atoms with Gasteiger partial charge in [0.05, 0.1) is 30.8 Å². The molecule has 0 radical (unpaired) electrons. The fraction of sp³-hybridized carbons (Fsp3) is 0.120. The molecule has 0 bridgehead atoms. The van der Waals surface area contributed by atoms with Crippen LogP contribution in [-0.2, 0) is 4.84 Å². The van der Waals surface area contributed by atoms with E-state index in [1.165, 1.54) is 60.2 Å². The number of phenols is 1. The Morgan fingerprint density at radius 2 is 1.55 bits per heavy atom. The number of fused-ring (bicyclic) bond motifs is 1. The summed E-state index contributed by atoms with van der Waals surface area (Å²) < 4.78 is 2.66. The molecule has 2 heterocycles. The molecule has 192 valence electrons. The fourth-order valence-electron chi connectivity index (χ4n) is 3.98. The summed E-state index contributed by atoms with van der Waals surface area (Å²) in [4.78, 5) is 28.9. The lowest BCUT2D eigenvalue weighted by Crippen LogP contribution is -2.25. The van der Waals surface area contributed by atoms with Crippen molar-refractivity contribution in [3.8, 4) is 17.1 Å². The van der Waals surface area contributed by atoms with Crippen molar-refractivity contribution in [1.82, 2.24) is 35.1 Å². The maximum atomic E-state index is 12.4. The van der Waals surface area contributed by atoms with Crippen molar-refractivity contribution in [3.05, 3.63) is 89.5 Å². The van der Waals surface area contributed by atoms with E-state index in [2.05, 4.69) is 20.6 Å². The Labute approximate surface area is 214 Å². The van der Waals surface area contributed by atoms with Crippen LogP contribution in [0.1, 0.15) is 38.2 Å². The Bertz CT molecular complexity index is 1680. The Kier molecular flexibility index (Phi) is 6.28. The van der Waals surface area contributed by atoms with Crippen molar-refractivity contribution in [1.29, 1.82) is 0 Å². The zero-order chi connectivity index (χ0) is 27.0. The number of aromatic carboxylic acids is 1. The number of carbonyl (C=O) groups is 2. The van der Waals surface area contributed by atoms with Crippen molar-refractivity contribution in [3.63, 3.8) is 0 Å². The van der Waals surface area contributed by atoms with Crippen LogP contribution >= 0.6 is 0 Å². The van der Waals surface area contributed by atoms with Gasteiger partial charge < -0.3 is 15.3 Å². The molecule has 13 heteroatoms. The van der Waals surface area contributed by atoms with E-state index in [-0.39, 0.29) is 34.0 Å². The van der Waals surface area contributed by atoms with Crippen LogP contribution in [0.2, 0.25) is 0 Å². The highest BCUT2D eigenvalue weighted by atomic mass is 16.7. The number of carbonyl (C=O) groups excluding carboxylic acids is 1. The predicted octanol–water partition coefficient (Wildman–Crippen LogP) is 2.12. The van der Waals surface area contributed by atoms with E-state index in [0.717, 1.165) is 5.06 Å². The third kappa shape index (κ3) is 4.31. The summed E-state index contributed by atoms with van der Waals surface area (Å²) in [6.07, 6.45) is 1.58. The van der Waals surface area contributed by atoms with E-state index < -0.39 is 18.0 Å². The van der Waals surface area contributed by atoms with E-state index in [1.807, 2.05) is 0 Å². The minimum atomic E-state index is -1.31. The molecule has 5 rings (SSSR count). The van der Waals surface area contributed by atoms with E-state index in [9.17, 15) is 24.9 Å². The third-order valence-corrected chi connectivity index (χ3v) is 5.99. The normalized spacial score (nSPS) is 12.0. The number of hydroxylamine groups is 2. The average molecular weight is 515 g/mol. The summed E-state index contributed by atoms with van der Waals surface area (Å²) in [5.41, 5.74) is 1.42. The van der Waals surface area contributed by atoms with Gasteiger partial charge in [-0.3, -0.25) is 9.63 Å². The van der Waals surface area contributed by atoms with Crippen molar-refractivity contribution >= 4 is 22.6 Å². The monoisotopic (exact) mass is 515 g/mol. The smallest absolute Gasteiger partial charge is 0.336 e. The van der Waals surface area contributed by atoms with Gasteiger partial charge in [0.1, 0.15) is 28.9 Å². The van der Waals surface area contributed by atoms with Gasteiger partial charge in [0.2, 0.25) is 0 Å². The molecular formula is C25H21N7O6. The molecule has 2 aromatic heterocycles. The van der Waals surface area contributed by atoms with Crippen LogP contribution in [0.25, 0.3) is 22.1 Å². The molecular weight excluding hydrogens is 494 g/mol. The highest BCUT2D eigenvalue weighted by Crippen LogP contribution is 2.28. The number of aliphatic hydroxyl groups is 1.